The fourth-order valence-corrected chi connectivity index (χ4v) is 8.91. The lowest BCUT2D eigenvalue weighted by atomic mass is 9.71. The Balaban J connectivity index is 1.23. The molecule has 50 heavy (non-hydrogen) atoms. The molecule has 10 rings (SSSR count). The van der Waals surface area contributed by atoms with Gasteiger partial charge < -0.3 is 19.6 Å². The molecule has 3 heterocycles. The number of hydrogen-bond donors (Lipinski definition) is 1. The maximum atomic E-state index is 10.2. The van der Waals surface area contributed by atoms with E-state index < -0.39 is 5.41 Å². The SMILES string of the molecule is CC1(c2ccc3c4c5oc6ccccc6c5ccc4n(-c4ccccc4)c3c2)C=C(C#N)C=CC1N1c2ccc(N)cc2C2C=CCC=CC21. The maximum Gasteiger partial charge on any atom is 0.145 e. The summed E-state index contributed by atoms with van der Waals surface area (Å²) in [6, 6.07) is 38.9. The predicted molar refractivity (Wildman–Crippen MR) is 205 cm³/mol. The number of nitrogens with two attached hydrogens (primary N) is 1. The number of anilines is 2. The van der Waals surface area contributed by atoms with Gasteiger partial charge in [-0.25, -0.2) is 0 Å². The van der Waals surface area contributed by atoms with Gasteiger partial charge in [0.2, 0.25) is 0 Å². The fraction of sp³-hybridized carbons (Fsp3) is 0.133. The van der Waals surface area contributed by atoms with Crippen molar-refractivity contribution in [3.8, 4) is 11.8 Å². The molecule has 7 aromatic rings. The first-order valence-electron chi connectivity index (χ1n) is 17.3. The number of aromatic nitrogens is 1. The zero-order valence-corrected chi connectivity index (χ0v) is 27.6. The van der Waals surface area contributed by atoms with E-state index in [0.29, 0.717) is 5.57 Å². The molecule has 2 aromatic heterocycles. The first kappa shape index (κ1) is 28.7. The summed E-state index contributed by atoms with van der Waals surface area (Å²) in [4.78, 5) is 2.56. The Kier molecular flexibility index (Phi) is 6.11. The van der Waals surface area contributed by atoms with Crippen LogP contribution in [-0.2, 0) is 5.41 Å². The van der Waals surface area contributed by atoms with Gasteiger partial charge in [-0.3, -0.25) is 0 Å². The third-order valence-electron chi connectivity index (χ3n) is 11.2. The highest BCUT2D eigenvalue weighted by molar-refractivity contribution is 6.23. The van der Waals surface area contributed by atoms with E-state index in [1.807, 2.05) is 24.3 Å². The summed E-state index contributed by atoms with van der Waals surface area (Å²) in [5.41, 5.74) is 15.9. The Morgan fingerprint density at radius 3 is 2.52 bits per heavy atom. The van der Waals surface area contributed by atoms with Gasteiger partial charge in [0.25, 0.3) is 0 Å². The molecule has 0 fully saturated rings. The van der Waals surface area contributed by atoms with E-state index in [9.17, 15) is 5.26 Å². The van der Waals surface area contributed by atoms with E-state index in [0.717, 1.165) is 67.1 Å². The Morgan fingerprint density at radius 2 is 1.64 bits per heavy atom. The summed E-state index contributed by atoms with van der Waals surface area (Å²) in [6.45, 7) is 2.28. The largest absolute Gasteiger partial charge is 0.455 e. The molecule has 4 atom stereocenters. The Hall–Kier alpha value is -6.25. The predicted octanol–water partition coefficient (Wildman–Crippen LogP) is 10.4. The van der Waals surface area contributed by atoms with E-state index in [1.165, 1.54) is 11.3 Å². The van der Waals surface area contributed by atoms with E-state index >= 15 is 0 Å². The molecule has 0 radical (unpaired) electrons. The number of para-hydroxylation sites is 2. The summed E-state index contributed by atoms with van der Waals surface area (Å²) in [5.74, 6) is 0.195. The van der Waals surface area contributed by atoms with E-state index in [-0.39, 0.29) is 18.0 Å². The minimum atomic E-state index is -0.544. The molecule has 0 bridgehead atoms. The van der Waals surface area contributed by atoms with Gasteiger partial charge in [-0.05, 0) is 85.1 Å². The lowest BCUT2D eigenvalue weighted by molar-refractivity contribution is 0.463. The van der Waals surface area contributed by atoms with Crippen molar-refractivity contribution >= 4 is 55.1 Å². The first-order valence-corrected chi connectivity index (χ1v) is 17.3. The Bertz CT molecular complexity index is 2700. The van der Waals surface area contributed by atoms with Crippen LogP contribution in [0.5, 0.6) is 0 Å². The molecule has 5 nitrogen and oxygen atoms in total. The molecule has 240 valence electrons. The summed E-state index contributed by atoms with van der Waals surface area (Å²) in [6.07, 6.45) is 16.5. The number of rotatable bonds is 3. The summed E-state index contributed by atoms with van der Waals surface area (Å²) < 4.78 is 8.97. The van der Waals surface area contributed by atoms with Crippen molar-refractivity contribution in [1.82, 2.24) is 4.57 Å². The van der Waals surface area contributed by atoms with Gasteiger partial charge >= 0.3 is 0 Å². The zero-order valence-electron chi connectivity index (χ0n) is 27.6. The van der Waals surface area contributed by atoms with Crippen molar-refractivity contribution in [3.05, 3.63) is 162 Å². The van der Waals surface area contributed by atoms with Crippen molar-refractivity contribution < 1.29 is 4.42 Å². The molecule has 3 aliphatic rings. The molecule has 0 spiro atoms. The van der Waals surface area contributed by atoms with Crippen molar-refractivity contribution in [3.63, 3.8) is 0 Å². The Labute approximate surface area is 290 Å². The molecule has 0 saturated heterocycles. The third kappa shape index (κ3) is 3.99. The van der Waals surface area contributed by atoms with Gasteiger partial charge in [-0.2, -0.15) is 5.26 Å². The lowest BCUT2D eigenvalue weighted by Gasteiger charge is -2.45. The summed E-state index contributed by atoms with van der Waals surface area (Å²) >= 11 is 0. The molecule has 2 N–H and O–H groups in total. The molecular weight excluding hydrogens is 613 g/mol. The average molecular weight is 647 g/mol. The topological polar surface area (TPSA) is 71.1 Å². The lowest BCUT2D eigenvalue weighted by Crippen LogP contribution is -2.51. The second-order valence-corrected chi connectivity index (χ2v) is 14.0. The van der Waals surface area contributed by atoms with Crippen LogP contribution in [0.25, 0.3) is 49.4 Å². The van der Waals surface area contributed by atoms with E-state index in [2.05, 4.69) is 144 Å². The van der Waals surface area contributed by atoms with Gasteiger partial charge in [0.1, 0.15) is 11.2 Å². The highest BCUT2D eigenvalue weighted by Crippen LogP contribution is 2.51. The third-order valence-corrected chi connectivity index (χ3v) is 11.2. The molecule has 1 aliphatic heterocycles. The minimum absolute atomic E-state index is 0.0674. The number of allylic oxidation sites excluding steroid dienone is 4. The molecule has 4 unspecified atom stereocenters. The van der Waals surface area contributed by atoms with Crippen LogP contribution < -0.4 is 10.6 Å². The molecule has 0 amide bonds. The van der Waals surface area contributed by atoms with E-state index in [1.54, 1.807) is 0 Å². The second kappa shape index (κ2) is 10.6. The number of nitrogen functional groups attached to an aromatic ring is 1. The smallest absolute Gasteiger partial charge is 0.145 e. The average Bonchev–Trinajstić information content (AvgIpc) is 3.71. The van der Waals surface area contributed by atoms with Gasteiger partial charge in [-0.1, -0.05) is 85.0 Å². The van der Waals surface area contributed by atoms with Crippen LogP contribution in [0, 0.1) is 11.3 Å². The number of benzene rings is 5. The maximum absolute atomic E-state index is 10.2. The van der Waals surface area contributed by atoms with Crippen LogP contribution in [-0.4, -0.2) is 16.7 Å². The van der Waals surface area contributed by atoms with Gasteiger partial charge in [0.15, 0.2) is 0 Å². The van der Waals surface area contributed by atoms with Gasteiger partial charge in [-0.15, -0.1) is 0 Å². The zero-order chi connectivity index (χ0) is 33.6. The first-order chi connectivity index (χ1) is 24.5. The van der Waals surface area contributed by atoms with Crippen LogP contribution in [0.15, 0.2) is 156 Å². The van der Waals surface area contributed by atoms with Gasteiger partial charge in [0, 0.05) is 50.1 Å². The second-order valence-electron chi connectivity index (χ2n) is 14.0. The van der Waals surface area contributed by atoms with Crippen molar-refractivity contribution in [2.75, 3.05) is 10.6 Å². The normalized spacial score (nSPS) is 22.6. The van der Waals surface area contributed by atoms with Crippen LogP contribution in [0.3, 0.4) is 0 Å². The number of furan rings is 1. The van der Waals surface area contributed by atoms with Crippen molar-refractivity contribution in [1.29, 1.82) is 5.26 Å². The molecule has 0 saturated carbocycles. The molecule has 2 aliphatic carbocycles. The number of hydrogen-bond acceptors (Lipinski definition) is 4. The number of nitrogens with zero attached hydrogens (tertiary/aromatic N) is 3. The summed E-state index contributed by atoms with van der Waals surface area (Å²) in [5, 5.41) is 14.7. The van der Waals surface area contributed by atoms with Crippen LogP contribution in [0.1, 0.15) is 30.4 Å². The minimum Gasteiger partial charge on any atom is -0.455 e. The fourth-order valence-electron chi connectivity index (χ4n) is 8.91. The summed E-state index contributed by atoms with van der Waals surface area (Å²) in [7, 11) is 0. The highest BCUT2D eigenvalue weighted by Gasteiger charge is 2.46. The molecule has 5 aromatic carbocycles. The van der Waals surface area contributed by atoms with Crippen LogP contribution >= 0.6 is 0 Å². The van der Waals surface area contributed by atoms with Gasteiger partial charge in [0.05, 0.1) is 34.6 Å². The van der Waals surface area contributed by atoms with E-state index in [4.69, 9.17) is 10.2 Å². The van der Waals surface area contributed by atoms with Crippen LogP contribution in [0.4, 0.5) is 11.4 Å². The molecule has 5 heteroatoms. The highest BCUT2D eigenvalue weighted by atomic mass is 16.3. The number of nitriles is 1. The monoisotopic (exact) mass is 646 g/mol. The quantitative estimate of drug-likeness (QED) is 0.153. The van der Waals surface area contributed by atoms with Crippen molar-refractivity contribution in [2.24, 2.45) is 0 Å². The van der Waals surface area contributed by atoms with Crippen molar-refractivity contribution in [2.45, 2.75) is 36.8 Å². The number of fused-ring (bicyclic) bond motifs is 10. The Morgan fingerprint density at radius 1 is 0.820 bits per heavy atom. The van der Waals surface area contributed by atoms with Crippen LogP contribution in [0.2, 0.25) is 0 Å². The standard InChI is InChI=1S/C45H34N4O/c1-45(26-28(27-46)16-23-42(45)49-37-14-7-3-6-12-32(37)36-25-30(47)18-21-38(36)49)29-17-19-35-40(24-29)48(31-10-4-2-5-11-31)39-22-20-34-33-13-8-9-15-41(33)50-44(34)43(35)39/h2,4-26,32,37,42H,3,47H2,1H3. The molecular formula is C45H34N4O.